The zero-order valence-electron chi connectivity index (χ0n) is 12.2. The Balaban J connectivity index is -0.0000000232. The van der Waals surface area contributed by atoms with Gasteiger partial charge in [0.15, 0.2) is 0 Å². The van der Waals surface area contributed by atoms with Crippen molar-refractivity contribution >= 4 is 109 Å². The van der Waals surface area contributed by atoms with Crippen LogP contribution in [0.2, 0.25) is 0 Å². The Kier molecular flexibility index (Phi) is 110. The molecule has 17 heteroatoms. The number of hydrogen-bond donors (Lipinski definition) is 5. The van der Waals surface area contributed by atoms with E-state index in [4.69, 9.17) is 21.1 Å². The van der Waals surface area contributed by atoms with Crippen LogP contribution in [0, 0.1) is 0 Å². The second kappa shape index (κ2) is 51.1. The van der Waals surface area contributed by atoms with Crippen LogP contribution in [0.15, 0.2) is 0 Å². The molecule has 0 aromatic rings. The molecule has 0 aromatic carbocycles. The average Bonchev–Trinajstić information content (AvgIpc) is 3.27. The number of rotatable bonds is 4. The summed E-state index contributed by atoms with van der Waals surface area (Å²) in [6, 6.07) is 0. The van der Waals surface area contributed by atoms with Crippen LogP contribution >= 0.6 is 98.4 Å². The van der Waals surface area contributed by atoms with Gasteiger partial charge in [-0.15, -0.1) is 24.0 Å². The summed E-state index contributed by atoms with van der Waals surface area (Å²) in [5, 5.41) is 10.8. The normalized spacial score (nSPS) is 9.33. The molecule has 0 atom stereocenters. The van der Waals surface area contributed by atoms with Crippen molar-refractivity contribution in [2.24, 2.45) is 11.5 Å². The quantitative estimate of drug-likeness (QED) is 0.0809. The standard InChI is InChI=1S/C2H7NO4S.C2H7NO.C2H5N.CH4.I3.I2.HI.Na.H2O/c3-1-2-7-8(4,5)6;3-1-2-4;1-2-3-1;;1-3-2;1-2;;;/h1-3H2,(H,4,5,6);4H,1-3H2;3H,1-2H2;1H4;;;1H;;1H2/q;;;;-1;;;+1;/p-1. The number of aliphatic hydroxyl groups excluding tert-OH is 1. The Labute approximate surface area is 238 Å². The average molecular weight is 1060 g/mol. The second-order valence-corrected chi connectivity index (χ2v) is 19.7. The largest absolute Gasteiger partial charge is 1.00 e. The Morgan fingerprint density at radius 1 is 1.17 bits per heavy atom. The Morgan fingerprint density at radius 3 is 1.46 bits per heavy atom. The van der Waals surface area contributed by atoms with E-state index in [2.05, 4.69) is 84.0 Å². The maximum Gasteiger partial charge on any atom is 1.00 e. The van der Waals surface area contributed by atoms with Crippen LogP contribution in [0.3, 0.4) is 0 Å². The first-order valence-corrected chi connectivity index (χ1v) is 25.0. The number of halogens is 6. The first kappa shape index (κ1) is 51.6. The van der Waals surface area contributed by atoms with Crippen molar-refractivity contribution < 1.29 is 70.5 Å². The van der Waals surface area contributed by atoms with E-state index in [1.807, 2.05) is 0 Å². The Morgan fingerprint density at radius 2 is 1.42 bits per heavy atom. The molecule has 1 rings (SSSR count). The maximum atomic E-state index is 9.67. The molecule has 8 N–H and O–H groups in total. The molecule has 154 valence electrons. The van der Waals surface area contributed by atoms with Gasteiger partial charge in [0.2, 0.25) is 0 Å². The molecule has 0 amide bonds. The van der Waals surface area contributed by atoms with Crippen LogP contribution in [0.1, 0.15) is 7.43 Å². The molecule has 0 radical (unpaired) electrons. The van der Waals surface area contributed by atoms with Crippen LogP contribution in [0.5, 0.6) is 0 Å². The number of hydrogen-bond acceptors (Lipinski definition) is 8. The summed E-state index contributed by atoms with van der Waals surface area (Å²) in [5.41, 5.74) is 9.61. The molecule has 0 saturated carbocycles. The van der Waals surface area contributed by atoms with Crippen molar-refractivity contribution in [3.05, 3.63) is 0 Å². The minimum atomic E-state index is -4.27. The molecule has 0 spiro atoms. The smallest absolute Gasteiger partial charge is 0.870 e. The SMILES string of the molecule is C.C1CN1.I.II.I[I-]I.NCCO.NCCOS(=O)(=O)O.[Na+].[OH-]. The fraction of sp³-hybridized carbons (Fsp3) is 1.00. The minimum Gasteiger partial charge on any atom is -0.870 e. The van der Waals surface area contributed by atoms with Crippen molar-refractivity contribution in [2.75, 3.05) is 39.4 Å². The molecule has 1 fully saturated rings. The first-order chi connectivity index (χ1) is 9.39. The topological polar surface area (TPSA) is 188 Å². The molecule has 0 aliphatic carbocycles. The number of nitrogens with one attached hydrogen (secondary N) is 1. The molecule has 9 nitrogen and oxygen atoms in total. The van der Waals surface area contributed by atoms with Crippen molar-refractivity contribution in [1.29, 1.82) is 0 Å². The molecule has 1 aliphatic rings. The monoisotopic (exact) mass is 1060 g/mol. The van der Waals surface area contributed by atoms with E-state index in [1.165, 1.54) is 13.1 Å². The van der Waals surface area contributed by atoms with Crippen LogP contribution in [0.25, 0.3) is 0 Å². The molecule has 1 saturated heterocycles. The van der Waals surface area contributed by atoms with Crippen molar-refractivity contribution in [3.8, 4) is 0 Å². The zero-order chi connectivity index (χ0) is 16.9. The van der Waals surface area contributed by atoms with E-state index in [1.54, 1.807) is 0 Å². The fourth-order valence-corrected chi connectivity index (χ4v) is 0.460. The third-order valence-electron chi connectivity index (χ3n) is 0.729. The summed E-state index contributed by atoms with van der Waals surface area (Å²) in [6.45, 7) is 2.86. The summed E-state index contributed by atoms with van der Waals surface area (Å²) in [6.07, 6.45) is 0. The molecule has 0 aromatic heterocycles. The predicted molar refractivity (Wildman–Crippen MR) is 136 cm³/mol. The molecule has 1 aliphatic heterocycles. The van der Waals surface area contributed by atoms with E-state index in [0.717, 1.165) is 0 Å². The van der Waals surface area contributed by atoms with Crippen molar-refractivity contribution in [2.45, 2.75) is 7.43 Å². The summed E-state index contributed by atoms with van der Waals surface area (Å²) in [4.78, 5) is 0. The van der Waals surface area contributed by atoms with Gasteiger partial charge < -0.3 is 27.4 Å². The van der Waals surface area contributed by atoms with Crippen LogP contribution in [0.4, 0.5) is 0 Å². The molecule has 0 unspecified atom stereocenters. The minimum absolute atomic E-state index is 0. The van der Waals surface area contributed by atoms with E-state index in [0.29, 0.717) is 19.8 Å². The van der Waals surface area contributed by atoms with Gasteiger partial charge in [-0.25, -0.2) is 4.18 Å². The van der Waals surface area contributed by atoms with Gasteiger partial charge in [-0.2, -0.15) is 8.42 Å². The van der Waals surface area contributed by atoms with Gasteiger partial charge in [-0.1, -0.05) is 7.43 Å². The van der Waals surface area contributed by atoms with Crippen LogP contribution in [-0.2, 0) is 14.6 Å². The van der Waals surface area contributed by atoms with Gasteiger partial charge in [0, 0.05) is 63.4 Å². The van der Waals surface area contributed by atoms with Gasteiger partial charge in [0.1, 0.15) is 0 Å². The molecule has 24 heavy (non-hydrogen) atoms. The molecule has 0 bridgehead atoms. The zero-order valence-corrected chi connectivity index (χ0v) is 28.1. The summed E-state index contributed by atoms with van der Waals surface area (Å²) in [5.74, 6) is 0. The van der Waals surface area contributed by atoms with E-state index < -0.39 is 10.4 Å². The molecule has 1 heterocycles. The van der Waals surface area contributed by atoms with Gasteiger partial charge in [-0.3, -0.25) is 4.55 Å². The van der Waals surface area contributed by atoms with Crippen LogP contribution in [-0.4, -0.2) is 62.9 Å². The summed E-state index contributed by atoms with van der Waals surface area (Å²) >= 11 is 9.54. The fourth-order valence-electron chi connectivity index (χ4n) is 0.153. The van der Waals surface area contributed by atoms with Crippen molar-refractivity contribution in [3.63, 3.8) is 0 Å². The number of aliphatic hydroxyl groups is 1. The summed E-state index contributed by atoms with van der Waals surface area (Å²) < 4.78 is 31.0. The van der Waals surface area contributed by atoms with E-state index in [9.17, 15) is 8.42 Å². The van der Waals surface area contributed by atoms with Crippen LogP contribution < -0.4 is 59.6 Å². The third kappa shape index (κ3) is 126. The second-order valence-electron chi connectivity index (χ2n) is 2.35. The van der Waals surface area contributed by atoms with Gasteiger partial charge >= 0.3 is 90.4 Å². The molecular formula is C7H25I6N3NaO6S-. The predicted octanol–water partition coefficient (Wildman–Crippen LogP) is -4.08. The van der Waals surface area contributed by atoms with E-state index in [-0.39, 0.29) is 86.2 Å². The van der Waals surface area contributed by atoms with Gasteiger partial charge in [0.05, 0.1) is 13.2 Å². The van der Waals surface area contributed by atoms with Crippen molar-refractivity contribution in [1.82, 2.24) is 5.32 Å². The Bertz CT molecular complexity index is 242. The maximum absolute atomic E-state index is 9.67. The summed E-state index contributed by atoms with van der Waals surface area (Å²) in [7, 11) is -4.27. The third-order valence-corrected chi connectivity index (χ3v) is 1.19. The molecular weight excluding hydrogens is 1040 g/mol. The Hall–Kier alpha value is 5.05. The van der Waals surface area contributed by atoms with Gasteiger partial charge in [0.25, 0.3) is 0 Å². The van der Waals surface area contributed by atoms with E-state index >= 15 is 0 Å². The number of nitrogens with two attached hydrogens (primary N) is 2. The first-order valence-electron chi connectivity index (χ1n) is 4.74. The van der Waals surface area contributed by atoms with Gasteiger partial charge in [-0.05, 0) is 0 Å².